The summed E-state index contributed by atoms with van der Waals surface area (Å²) in [5, 5.41) is 29.8. The molecule has 0 bridgehead atoms. The molecule has 2 aromatic heterocycles. The average molecular weight is 1310 g/mol. The summed E-state index contributed by atoms with van der Waals surface area (Å²) in [4.78, 5) is 104. The number of carboxylic acids is 3. The fourth-order valence-corrected chi connectivity index (χ4v) is 7.56. The van der Waals surface area contributed by atoms with Crippen molar-refractivity contribution in [3.8, 4) is 23.2 Å². The molecule has 3 aromatic carbocycles. The second kappa shape index (κ2) is 33.2. The van der Waals surface area contributed by atoms with Crippen LogP contribution in [0.15, 0.2) is 81.2 Å². The van der Waals surface area contributed by atoms with Gasteiger partial charge in [-0.3, -0.25) is 24.8 Å². The number of sulfonamides is 1. The van der Waals surface area contributed by atoms with E-state index in [1.165, 1.54) is 48.2 Å². The van der Waals surface area contributed by atoms with Gasteiger partial charge in [0.2, 0.25) is 17.7 Å². The Morgan fingerprint density at radius 1 is 0.819 bits per heavy atom. The van der Waals surface area contributed by atoms with Gasteiger partial charge in [-0.05, 0) is 67.2 Å². The highest BCUT2D eigenvalue weighted by Gasteiger charge is 2.35. The normalized spacial score (nSPS) is 11.7. The predicted molar refractivity (Wildman–Crippen MR) is 281 cm³/mol. The Morgan fingerprint density at radius 3 is 1.78 bits per heavy atom. The molecule has 39 heteroatoms. The number of alkyl halides is 7. The van der Waals surface area contributed by atoms with Crippen LogP contribution in [0.5, 0.6) is 17.5 Å². The van der Waals surface area contributed by atoms with Crippen LogP contribution in [0, 0.1) is 0 Å². The number of halogens is 10. The van der Waals surface area contributed by atoms with Crippen LogP contribution in [-0.2, 0) is 48.2 Å². The van der Waals surface area contributed by atoms with Gasteiger partial charge in [0.25, 0.3) is 15.6 Å². The van der Waals surface area contributed by atoms with E-state index in [0.29, 0.717) is 32.2 Å². The summed E-state index contributed by atoms with van der Waals surface area (Å²) < 4.78 is 142. The molecule has 0 aliphatic carbocycles. The third-order valence-corrected chi connectivity index (χ3v) is 11.4. The molecule has 5 aromatic rings. The number of aromatic carboxylic acids is 2. The number of rotatable bonds is 17. The first-order valence-corrected chi connectivity index (χ1v) is 28.5. The van der Waals surface area contributed by atoms with Crippen molar-refractivity contribution in [2.45, 2.75) is 44.2 Å². The van der Waals surface area contributed by atoms with Gasteiger partial charge >= 0.3 is 55.0 Å². The summed E-state index contributed by atoms with van der Waals surface area (Å²) in [5.41, 5.74) is -4.76. The lowest BCUT2D eigenvalue weighted by molar-refractivity contribution is -0.193. The first-order chi connectivity index (χ1) is 38.1. The van der Waals surface area contributed by atoms with Crippen molar-refractivity contribution in [3.05, 3.63) is 125 Å². The molecule has 1 unspecified atom stereocenters. The highest BCUT2D eigenvalue weighted by atomic mass is 35.5. The van der Waals surface area contributed by atoms with Crippen molar-refractivity contribution in [3.63, 3.8) is 0 Å². The molecule has 2 heterocycles. The van der Waals surface area contributed by atoms with Gasteiger partial charge in [0.1, 0.15) is 23.7 Å². The van der Waals surface area contributed by atoms with Gasteiger partial charge in [0.05, 0.1) is 82.8 Å². The molecular formula is C44H46Cl3F7N7O19PS2. The third-order valence-electron chi connectivity index (χ3n) is 8.40. The zero-order valence-electron chi connectivity index (χ0n) is 43.2. The quantitative estimate of drug-likeness (QED) is 0.0242. The number of carbonyl (C=O) groups excluding carboxylic acids is 2. The first kappa shape index (κ1) is 73.8. The van der Waals surface area contributed by atoms with E-state index in [1.54, 1.807) is 19.2 Å². The van der Waals surface area contributed by atoms with Crippen LogP contribution in [0.2, 0.25) is 15.1 Å². The van der Waals surface area contributed by atoms with Gasteiger partial charge < -0.3 is 48.6 Å². The summed E-state index contributed by atoms with van der Waals surface area (Å²) in [5.74, 6) is -7.49. The van der Waals surface area contributed by atoms with Crippen LogP contribution in [0.1, 0.15) is 50.6 Å². The van der Waals surface area contributed by atoms with E-state index in [2.05, 4.69) is 38.2 Å². The number of urea groups is 1. The standard InChI is InChI=1S/C16H14ClF3N2O4.C14H10F4N4O7S.C8H6Cl2O3.C3H8NO5P.C3H9S/c1-8(2)26-14(24)10-6-9(4-5-11(10)17)22-13(23)7-12(16(18,19)20)21(3)15(22)25;15-11(16)28-8-5-9(29-12(17)18)20-13(19-8)21-14(25)22-30(26,27)7-4-2-1-3-6(7)10(23)24;1-13-7-5(10)3-2-4(9)6(7)8(11)12;5-3(6)1-4-2-10(7,8)9;1-4(2)3/h4-8H,1-3H3;1-5,11-12H,(H,23,24)(H2,19,20,21,22,25);2-3H,1H3,(H,11,12);4H,1-2H2,(H,5,6)(H2,7,8,9);1-3H3/q;;;;+1/p-1. The van der Waals surface area contributed by atoms with Crippen molar-refractivity contribution in [1.82, 2.24) is 29.1 Å². The maximum atomic E-state index is 12.9. The molecular weight excluding hydrogens is 1260 g/mol. The van der Waals surface area contributed by atoms with Gasteiger partial charge in [0.15, 0.2) is 5.75 Å². The first-order valence-electron chi connectivity index (χ1n) is 21.7. The van der Waals surface area contributed by atoms with Gasteiger partial charge in [-0.2, -0.15) is 40.7 Å². The predicted octanol–water partition coefficient (Wildman–Crippen LogP) is 6.02. The lowest BCUT2D eigenvalue weighted by Crippen LogP contribution is -2.40. The van der Waals surface area contributed by atoms with Gasteiger partial charge in [-0.25, -0.2) is 41.7 Å². The summed E-state index contributed by atoms with van der Waals surface area (Å²) in [7, 11) is -6.19. The molecule has 0 aliphatic heterocycles. The molecule has 0 fully saturated rings. The molecule has 83 heavy (non-hydrogen) atoms. The van der Waals surface area contributed by atoms with Crippen molar-refractivity contribution >= 4 is 99.2 Å². The number of esters is 1. The number of carboxylic acid groups (broad SMARTS) is 3. The SMILES string of the molecule is CC(C)OC(=O)c1cc(-n2c(=O)cc(C(F)(F)F)n(C)c2=O)ccc1Cl.COc1c(Cl)ccc(Cl)c1C(=O)O.C[S+](C)C.O=C(Nc1nc(OC(F)F)cc(OC(F)F)n1)NS(=O)(=O)c1ccccc1C(=O)O.O=C(O)CNCP(=O)([O-])O. The number of aliphatic carboxylic acids is 1. The molecule has 26 nitrogen and oxygen atoms in total. The average Bonchev–Trinajstić information content (AvgIpc) is 3.53. The van der Waals surface area contributed by atoms with Crippen LogP contribution in [-0.4, -0.2) is 136 Å². The van der Waals surface area contributed by atoms with Gasteiger partial charge in [0, 0.05) is 13.1 Å². The van der Waals surface area contributed by atoms with Gasteiger partial charge in [-0.15, -0.1) is 0 Å². The van der Waals surface area contributed by atoms with Crippen LogP contribution >= 0.6 is 42.4 Å². The third kappa shape index (κ3) is 25.8. The highest BCUT2D eigenvalue weighted by Crippen LogP contribution is 2.34. The minimum atomic E-state index is -4.86. The van der Waals surface area contributed by atoms with Crippen molar-refractivity contribution < 1.29 is 112 Å². The van der Waals surface area contributed by atoms with E-state index >= 15 is 0 Å². The minimum Gasteiger partial charge on any atom is -0.778 e. The fourth-order valence-electron chi connectivity index (χ4n) is 5.40. The topological polar surface area (TPSA) is 383 Å². The molecule has 0 spiro atoms. The number of hydrogen-bond donors (Lipinski definition) is 7. The highest BCUT2D eigenvalue weighted by molar-refractivity contribution is 7.94. The smallest absolute Gasteiger partial charge is 0.431 e. The molecule has 458 valence electrons. The number of carbonyl (C=O) groups is 5. The Bertz CT molecular complexity index is 3370. The Hall–Kier alpha value is -7.24. The Kier molecular flexibility index (Phi) is 29.5. The van der Waals surface area contributed by atoms with Crippen LogP contribution in [0.4, 0.5) is 41.5 Å². The van der Waals surface area contributed by atoms with E-state index in [9.17, 15) is 82.2 Å². The molecule has 7 N–H and O–H groups in total. The molecule has 0 saturated carbocycles. The number of aromatic nitrogens is 4. The zero-order chi connectivity index (χ0) is 64.1. The lowest BCUT2D eigenvalue weighted by atomic mass is 10.2. The summed E-state index contributed by atoms with van der Waals surface area (Å²) in [6.07, 6.45) is 0.571. The number of ether oxygens (including phenoxy) is 4. The Balaban J connectivity index is 0.000000583. The molecule has 5 rings (SSSR count). The molecule has 0 saturated heterocycles. The lowest BCUT2D eigenvalue weighted by Gasteiger charge is -2.15. The number of amides is 2. The number of nitrogens with zero attached hydrogens (tertiary/aromatic N) is 4. The van der Waals surface area contributed by atoms with Gasteiger partial charge in [-0.1, -0.05) is 46.9 Å². The largest absolute Gasteiger partial charge is 0.778 e. The second-order valence-corrected chi connectivity index (χ2v) is 22.6. The zero-order valence-corrected chi connectivity index (χ0v) is 48.0. The monoisotopic (exact) mass is 1310 g/mol. The summed E-state index contributed by atoms with van der Waals surface area (Å²) >= 11 is 17.3. The summed E-state index contributed by atoms with van der Waals surface area (Å²) in [6, 6.07) is 10.0. The Labute approximate surface area is 481 Å². The van der Waals surface area contributed by atoms with Crippen LogP contribution in [0.3, 0.4) is 0 Å². The van der Waals surface area contributed by atoms with E-state index < -0.39 is 131 Å². The number of benzene rings is 3. The number of methoxy groups -OCH3 is 1. The van der Waals surface area contributed by atoms with E-state index in [-0.39, 0.29) is 37.6 Å². The maximum Gasteiger partial charge on any atom is 0.431 e. The Morgan fingerprint density at radius 2 is 1.34 bits per heavy atom. The second-order valence-electron chi connectivity index (χ2n) is 15.7. The minimum absolute atomic E-state index is 0.0104. The molecule has 0 radical (unpaired) electrons. The van der Waals surface area contributed by atoms with Crippen LogP contribution in [0.25, 0.3) is 5.69 Å². The van der Waals surface area contributed by atoms with Crippen LogP contribution < -0.4 is 45.7 Å². The molecule has 2 amide bonds. The van der Waals surface area contributed by atoms with Crippen molar-refractivity contribution in [2.75, 3.05) is 44.0 Å². The number of hydrogen-bond acceptors (Lipinski definition) is 18. The number of nitrogens with one attached hydrogen (secondary N) is 3. The van der Waals surface area contributed by atoms with Crippen molar-refractivity contribution in [2.24, 2.45) is 7.05 Å². The summed E-state index contributed by atoms with van der Waals surface area (Å²) in [6.45, 7) is -4.06. The van der Waals surface area contributed by atoms with E-state index in [1.807, 2.05) is 5.32 Å². The van der Waals surface area contributed by atoms with E-state index in [4.69, 9.17) is 64.5 Å². The van der Waals surface area contributed by atoms with E-state index in [0.717, 1.165) is 25.2 Å². The number of anilines is 1. The maximum absolute atomic E-state index is 12.9. The molecule has 1 atom stereocenters. The van der Waals surface area contributed by atoms with Crippen molar-refractivity contribution in [1.29, 1.82) is 0 Å². The molecule has 0 aliphatic rings. The fraction of sp³-hybridized carbons (Fsp3) is 0.295.